The standard InChI is InChI=1S/C13H20BrNO2/c1-10-6-11(4-5-13(10)14)7-15(2)8-12(16)9-17-3/h4-6,12,16H,7-9H2,1-3H3. The van der Waals surface area contributed by atoms with Crippen molar-refractivity contribution in [3.63, 3.8) is 0 Å². The molecule has 0 heterocycles. The Morgan fingerprint density at radius 1 is 1.47 bits per heavy atom. The van der Waals surface area contributed by atoms with Crippen molar-refractivity contribution in [2.45, 2.75) is 19.6 Å². The highest BCUT2D eigenvalue weighted by Gasteiger charge is 2.08. The number of hydrogen-bond donors (Lipinski definition) is 1. The molecule has 0 bridgehead atoms. The van der Waals surface area contributed by atoms with Gasteiger partial charge in [0, 0.05) is 24.7 Å². The Hall–Kier alpha value is -0.420. The van der Waals surface area contributed by atoms with E-state index in [4.69, 9.17) is 4.74 Å². The van der Waals surface area contributed by atoms with Crippen molar-refractivity contribution in [1.82, 2.24) is 4.90 Å². The van der Waals surface area contributed by atoms with Gasteiger partial charge < -0.3 is 9.84 Å². The highest BCUT2D eigenvalue weighted by molar-refractivity contribution is 9.10. The van der Waals surface area contributed by atoms with E-state index >= 15 is 0 Å². The van der Waals surface area contributed by atoms with Crippen LogP contribution in [0, 0.1) is 6.92 Å². The molecule has 4 heteroatoms. The number of benzene rings is 1. The Morgan fingerprint density at radius 3 is 2.76 bits per heavy atom. The maximum absolute atomic E-state index is 9.62. The fourth-order valence-electron chi connectivity index (χ4n) is 1.79. The molecule has 1 aromatic carbocycles. The quantitative estimate of drug-likeness (QED) is 0.874. The molecule has 1 atom stereocenters. The fraction of sp³-hybridized carbons (Fsp3) is 0.538. The molecule has 0 radical (unpaired) electrons. The van der Waals surface area contributed by atoms with E-state index in [2.05, 4.69) is 46.0 Å². The minimum absolute atomic E-state index is 0.379. The van der Waals surface area contributed by atoms with Gasteiger partial charge in [-0.15, -0.1) is 0 Å². The van der Waals surface area contributed by atoms with Gasteiger partial charge in [0.2, 0.25) is 0 Å². The average molecular weight is 302 g/mol. The number of halogens is 1. The first-order chi connectivity index (χ1) is 8.02. The minimum atomic E-state index is -0.429. The number of aliphatic hydroxyl groups is 1. The smallest absolute Gasteiger partial charge is 0.0900 e. The number of nitrogens with zero attached hydrogens (tertiary/aromatic N) is 1. The van der Waals surface area contributed by atoms with Gasteiger partial charge in [0.1, 0.15) is 0 Å². The molecule has 1 N–H and O–H groups in total. The van der Waals surface area contributed by atoms with E-state index < -0.39 is 6.10 Å². The predicted octanol–water partition coefficient (Wildman–Crippen LogP) is 2.20. The van der Waals surface area contributed by atoms with Crippen LogP contribution in [-0.2, 0) is 11.3 Å². The molecule has 3 nitrogen and oxygen atoms in total. The lowest BCUT2D eigenvalue weighted by atomic mass is 10.1. The predicted molar refractivity (Wildman–Crippen MR) is 73.1 cm³/mol. The Labute approximate surface area is 112 Å². The molecule has 0 amide bonds. The van der Waals surface area contributed by atoms with Crippen molar-refractivity contribution in [1.29, 1.82) is 0 Å². The molecule has 1 rings (SSSR count). The van der Waals surface area contributed by atoms with Crippen LogP contribution in [0.1, 0.15) is 11.1 Å². The second-order valence-electron chi connectivity index (χ2n) is 4.39. The Balaban J connectivity index is 2.50. The van der Waals surface area contributed by atoms with Gasteiger partial charge in [0.25, 0.3) is 0 Å². The number of methoxy groups -OCH3 is 1. The summed E-state index contributed by atoms with van der Waals surface area (Å²) in [5.41, 5.74) is 2.48. The van der Waals surface area contributed by atoms with E-state index in [1.54, 1.807) is 7.11 Å². The first kappa shape index (κ1) is 14.6. The van der Waals surface area contributed by atoms with Crippen LogP contribution in [-0.4, -0.2) is 43.4 Å². The van der Waals surface area contributed by atoms with Gasteiger partial charge in [-0.1, -0.05) is 28.1 Å². The van der Waals surface area contributed by atoms with E-state index in [-0.39, 0.29) is 0 Å². The van der Waals surface area contributed by atoms with Gasteiger partial charge in [-0.25, -0.2) is 0 Å². The van der Waals surface area contributed by atoms with Crippen LogP contribution in [0.25, 0.3) is 0 Å². The normalized spacial score (nSPS) is 13.1. The number of aliphatic hydroxyl groups excluding tert-OH is 1. The molecular weight excluding hydrogens is 282 g/mol. The van der Waals surface area contributed by atoms with Crippen LogP contribution < -0.4 is 0 Å². The maximum Gasteiger partial charge on any atom is 0.0900 e. The number of rotatable bonds is 6. The molecule has 1 unspecified atom stereocenters. The zero-order valence-corrected chi connectivity index (χ0v) is 12.2. The summed E-state index contributed by atoms with van der Waals surface area (Å²) in [4.78, 5) is 2.09. The van der Waals surface area contributed by atoms with Gasteiger partial charge >= 0.3 is 0 Å². The molecule has 0 fully saturated rings. The fourth-order valence-corrected chi connectivity index (χ4v) is 2.03. The molecule has 0 aromatic heterocycles. The van der Waals surface area contributed by atoms with Gasteiger partial charge in [-0.05, 0) is 31.2 Å². The lowest BCUT2D eigenvalue weighted by molar-refractivity contribution is 0.0419. The van der Waals surface area contributed by atoms with E-state index in [0.29, 0.717) is 13.2 Å². The summed E-state index contributed by atoms with van der Waals surface area (Å²) >= 11 is 3.49. The number of ether oxygens (including phenoxy) is 1. The lowest BCUT2D eigenvalue weighted by Crippen LogP contribution is -2.31. The molecular formula is C13H20BrNO2. The Morgan fingerprint density at radius 2 is 2.18 bits per heavy atom. The van der Waals surface area contributed by atoms with E-state index in [9.17, 15) is 5.11 Å². The van der Waals surface area contributed by atoms with Crippen molar-refractivity contribution in [2.75, 3.05) is 27.3 Å². The Kier molecular flexibility index (Phi) is 6.12. The summed E-state index contributed by atoms with van der Waals surface area (Å²) in [6.45, 7) is 3.90. The summed E-state index contributed by atoms with van der Waals surface area (Å²) in [5.74, 6) is 0. The molecule has 1 aromatic rings. The third-order valence-electron chi connectivity index (χ3n) is 2.56. The van der Waals surface area contributed by atoms with E-state index in [0.717, 1.165) is 11.0 Å². The zero-order chi connectivity index (χ0) is 12.8. The summed E-state index contributed by atoms with van der Waals surface area (Å²) in [5, 5.41) is 9.62. The first-order valence-corrected chi connectivity index (χ1v) is 6.42. The van der Waals surface area contributed by atoms with Crippen LogP contribution in [0.2, 0.25) is 0 Å². The van der Waals surface area contributed by atoms with E-state index in [1.165, 1.54) is 11.1 Å². The van der Waals surface area contributed by atoms with Crippen molar-refractivity contribution in [2.24, 2.45) is 0 Å². The topological polar surface area (TPSA) is 32.7 Å². The van der Waals surface area contributed by atoms with Crippen molar-refractivity contribution in [3.05, 3.63) is 33.8 Å². The lowest BCUT2D eigenvalue weighted by Gasteiger charge is -2.20. The monoisotopic (exact) mass is 301 g/mol. The van der Waals surface area contributed by atoms with Crippen LogP contribution in [0.3, 0.4) is 0 Å². The molecule has 17 heavy (non-hydrogen) atoms. The number of likely N-dealkylation sites (N-methyl/N-ethyl adjacent to an activating group) is 1. The van der Waals surface area contributed by atoms with E-state index in [1.807, 2.05) is 7.05 Å². The highest BCUT2D eigenvalue weighted by atomic mass is 79.9. The summed E-state index contributed by atoms with van der Waals surface area (Å²) in [7, 11) is 3.59. The minimum Gasteiger partial charge on any atom is -0.389 e. The van der Waals surface area contributed by atoms with Crippen molar-refractivity contribution >= 4 is 15.9 Å². The third kappa shape index (κ3) is 5.17. The largest absolute Gasteiger partial charge is 0.389 e. The number of hydrogen-bond acceptors (Lipinski definition) is 3. The van der Waals surface area contributed by atoms with Gasteiger partial charge in [0.05, 0.1) is 12.7 Å². The second-order valence-corrected chi connectivity index (χ2v) is 5.24. The maximum atomic E-state index is 9.62. The molecule has 0 aliphatic rings. The van der Waals surface area contributed by atoms with Gasteiger partial charge in [0.15, 0.2) is 0 Å². The van der Waals surface area contributed by atoms with Crippen LogP contribution in [0.5, 0.6) is 0 Å². The SMILES string of the molecule is COCC(O)CN(C)Cc1ccc(Br)c(C)c1. The molecule has 0 saturated heterocycles. The van der Waals surface area contributed by atoms with Gasteiger partial charge in [-0.3, -0.25) is 4.90 Å². The average Bonchev–Trinajstić information content (AvgIpc) is 2.23. The Bertz CT molecular complexity index is 357. The van der Waals surface area contributed by atoms with Crippen LogP contribution in [0.15, 0.2) is 22.7 Å². The highest BCUT2D eigenvalue weighted by Crippen LogP contribution is 2.17. The molecule has 0 aliphatic carbocycles. The van der Waals surface area contributed by atoms with Gasteiger partial charge in [-0.2, -0.15) is 0 Å². The molecule has 96 valence electrons. The summed E-state index contributed by atoms with van der Waals surface area (Å²) in [6, 6.07) is 6.31. The molecule has 0 spiro atoms. The third-order valence-corrected chi connectivity index (χ3v) is 3.45. The van der Waals surface area contributed by atoms with Crippen molar-refractivity contribution in [3.8, 4) is 0 Å². The molecule has 0 saturated carbocycles. The zero-order valence-electron chi connectivity index (χ0n) is 10.6. The summed E-state index contributed by atoms with van der Waals surface area (Å²) < 4.78 is 6.03. The summed E-state index contributed by atoms with van der Waals surface area (Å²) in [6.07, 6.45) is -0.429. The number of aryl methyl sites for hydroxylation is 1. The second kappa shape index (κ2) is 7.11. The van der Waals surface area contributed by atoms with Crippen LogP contribution >= 0.6 is 15.9 Å². The van der Waals surface area contributed by atoms with Crippen LogP contribution in [0.4, 0.5) is 0 Å². The first-order valence-electron chi connectivity index (χ1n) is 5.63. The molecule has 0 aliphatic heterocycles. The van der Waals surface area contributed by atoms with Crippen molar-refractivity contribution < 1.29 is 9.84 Å².